The summed E-state index contributed by atoms with van der Waals surface area (Å²) in [4.78, 5) is 31.3. The third-order valence-corrected chi connectivity index (χ3v) is 5.44. The molecule has 0 unspecified atom stereocenters. The number of carbonyl (C=O) groups excluding carboxylic acids is 2. The second-order valence-electron chi connectivity index (χ2n) is 6.49. The van der Waals surface area contributed by atoms with Crippen molar-refractivity contribution in [2.75, 3.05) is 13.9 Å². The van der Waals surface area contributed by atoms with Gasteiger partial charge in [0.15, 0.2) is 11.5 Å². The van der Waals surface area contributed by atoms with E-state index < -0.39 is 5.97 Å². The molecule has 2 aliphatic heterocycles. The number of benzene rings is 1. The van der Waals surface area contributed by atoms with Crippen LogP contribution < -0.4 is 9.47 Å². The first-order valence-corrected chi connectivity index (χ1v) is 9.60. The minimum absolute atomic E-state index is 0.145. The quantitative estimate of drug-likeness (QED) is 0.517. The maximum atomic E-state index is 13.2. The number of carbonyl (C=O) groups is 2. The second-order valence-corrected chi connectivity index (χ2v) is 7.34. The molecular weight excluding hydrogens is 440 g/mol. The number of fused-ring (bicyclic) bond motifs is 1. The molecule has 3 heterocycles. The van der Waals surface area contributed by atoms with Gasteiger partial charge in [0.05, 0.1) is 24.8 Å². The third-order valence-electron chi connectivity index (χ3n) is 4.76. The molecule has 1 aromatic heterocycles. The molecule has 29 heavy (non-hydrogen) atoms. The standard InChI is InChI=1S/C21H17BrN2O5/c1-12-19(21(26)27-2)15(20(25)24(12)10-13-4-3-5-23-9-13)6-14-7-17-18(8-16(14)22)29-11-28-17/h3-9H,10-11H2,1-2H3/b15-6-. The average molecular weight is 457 g/mol. The topological polar surface area (TPSA) is 78.0 Å². The summed E-state index contributed by atoms with van der Waals surface area (Å²) in [5.41, 5.74) is 2.59. The molecule has 7 nitrogen and oxygen atoms in total. The highest BCUT2D eigenvalue weighted by atomic mass is 79.9. The Labute approximate surface area is 175 Å². The maximum Gasteiger partial charge on any atom is 0.340 e. The van der Waals surface area contributed by atoms with E-state index in [4.69, 9.17) is 14.2 Å². The van der Waals surface area contributed by atoms with Crippen molar-refractivity contribution in [2.24, 2.45) is 0 Å². The van der Waals surface area contributed by atoms with Crippen molar-refractivity contribution in [3.63, 3.8) is 0 Å². The van der Waals surface area contributed by atoms with Crippen molar-refractivity contribution in [1.82, 2.24) is 9.88 Å². The molecule has 0 saturated heterocycles. The van der Waals surface area contributed by atoms with Crippen LogP contribution in [0.25, 0.3) is 6.08 Å². The first-order valence-electron chi connectivity index (χ1n) is 8.80. The van der Waals surface area contributed by atoms with Gasteiger partial charge in [-0.3, -0.25) is 9.78 Å². The predicted octanol–water partition coefficient (Wildman–Crippen LogP) is 3.45. The summed E-state index contributed by atoms with van der Waals surface area (Å²) in [6, 6.07) is 7.22. The number of hydrogen-bond acceptors (Lipinski definition) is 6. The van der Waals surface area contributed by atoms with Crippen LogP contribution in [0.5, 0.6) is 11.5 Å². The van der Waals surface area contributed by atoms with Gasteiger partial charge in [0.25, 0.3) is 5.91 Å². The first kappa shape index (κ1) is 19.2. The molecule has 0 fully saturated rings. The van der Waals surface area contributed by atoms with Gasteiger partial charge in [-0.05, 0) is 42.3 Å². The smallest absolute Gasteiger partial charge is 0.340 e. The number of allylic oxidation sites excluding steroid dienone is 1. The van der Waals surface area contributed by atoms with E-state index in [-0.39, 0.29) is 23.8 Å². The molecule has 2 aromatic rings. The molecule has 4 rings (SSSR count). The Bertz CT molecular complexity index is 1060. The Morgan fingerprint density at radius 3 is 2.79 bits per heavy atom. The zero-order chi connectivity index (χ0) is 20.5. The SMILES string of the molecule is COC(=O)C1=C(C)N(Cc2cccnc2)C(=O)/C1=C\c1cc2c(cc1Br)OCO2. The molecule has 0 N–H and O–H groups in total. The molecule has 2 aliphatic rings. The molecule has 148 valence electrons. The molecule has 8 heteroatoms. The number of methoxy groups -OCH3 is 1. The van der Waals surface area contributed by atoms with Crippen LogP contribution >= 0.6 is 15.9 Å². The fourth-order valence-electron chi connectivity index (χ4n) is 3.29. The lowest BCUT2D eigenvalue weighted by Gasteiger charge is -2.17. The van der Waals surface area contributed by atoms with Crippen molar-refractivity contribution in [1.29, 1.82) is 0 Å². The van der Waals surface area contributed by atoms with E-state index in [1.165, 1.54) is 7.11 Å². The monoisotopic (exact) mass is 456 g/mol. The number of nitrogens with zero attached hydrogens (tertiary/aromatic N) is 2. The molecule has 1 amide bonds. The fraction of sp³-hybridized carbons (Fsp3) is 0.190. The van der Waals surface area contributed by atoms with E-state index in [9.17, 15) is 9.59 Å². The molecule has 0 radical (unpaired) electrons. The Balaban J connectivity index is 1.77. The van der Waals surface area contributed by atoms with Crippen LogP contribution in [-0.4, -0.2) is 35.7 Å². The summed E-state index contributed by atoms with van der Waals surface area (Å²) in [5, 5.41) is 0. The van der Waals surface area contributed by atoms with Crippen molar-refractivity contribution in [2.45, 2.75) is 13.5 Å². The van der Waals surface area contributed by atoms with Gasteiger partial charge in [-0.25, -0.2) is 4.79 Å². The molecule has 1 aromatic carbocycles. The van der Waals surface area contributed by atoms with Gasteiger partial charge in [0.1, 0.15) is 0 Å². The van der Waals surface area contributed by atoms with Gasteiger partial charge in [-0.2, -0.15) is 0 Å². The summed E-state index contributed by atoms with van der Waals surface area (Å²) >= 11 is 3.49. The van der Waals surface area contributed by atoms with Crippen LogP contribution in [0, 0.1) is 0 Å². The zero-order valence-electron chi connectivity index (χ0n) is 15.8. The van der Waals surface area contributed by atoms with E-state index in [1.54, 1.807) is 48.5 Å². The fourth-order valence-corrected chi connectivity index (χ4v) is 3.73. The van der Waals surface area contributed by atoms with Gasteiger partial charge >= 0.3 is 5.97 Å². The van der Waals surface area contributed by atoms with Crippen LogP contribution in [-0.2, 0) is 20.9 Å². The summed E-state index contributed by atoms with van der Waals surface area (Å²) in [5.74, 6) is 0.358. The number of rotatable bonds is 4. The van der Waals surface area contributed by atoms with Gasteiger partial charge in [-0.1, -0.05) is 22.0 Å². The zero-order valence-corrected chi connectivity index (χ0v) is 17.4. The lowest BCUT2D eigenvalue weighted by atomic mass is 10.0. The average Bonchev–Trinajstić information content (AvgIpc) is 3.26. The lowest BCUT2D eigenvalue weighted by Crippen LogP contribution is -2.24. The van der Waals surface area contributed by atoms with Crippen molar-refractivity contribution >= 4 is 33.9 Å². The van der Waals surface area contributed by atoms with Gasteiger partial charge < -0.3 is 19.1 Å². The first-order chi connectivity index (χ1) is 14.0. The minimum atomic E-state index is -0.562. The van der Waals surface area contributed by atoms with E-state index in [1.807, 2.05) is 6.07 Å². The number of ether oxygens (including phenoxy) is 3. The highest BCUT2D eigenvalue weighted by Gasteiger charge is 2.37. The number of amides is 1. The molecule has 0 atom stereocenters. The molecule has 0 aliphatic carbocycles. The summed E-state index contributed by atoms with van der Waals surface area (Å²) in [6.07, 6.45) is 5.02. The van der Waals surface area contributed by atoms with Crippen LogP contribution in [0.2, 0.25) is 0 Å². The Morgan fingerprint density at radius 1 is 1.34 bits per heavy atom. The summed E-state index contributed by atoms with van der Waals surface area (Å²) in [7, 11) is 1.30. The van der Waals surface area contributed by atoms with E-state index in [0.29, 0.717) is 29.3 Å². The highest BCUT2D eigenvalue weighted by molar-refractivity contribution is 9.10. The number of pyridine rings is 1. The van der Waals surface area contributed by atoms with E-state index in [2.05, 4.69) is 20.9 Å². The van der Waals surface area contributed by atoms with Crippen molar-refractivity contribution < 1.29 is 23.8 Å². The Kier molecular flexibility index (Phi) is 5.10. The van der Waals surface area contributed by atoms with Gasteiger partial charge in [-0.15, -0.1) is 0 Å². The minimum Gasteiger partial charge on any atom is -0.465 e. The third kappa shape index (κ3) is 3.51. The molecular formula is C21H17BrN2O5. The maximum absolute atomic E-state index is 13.2. The van der Waals surface area contributed by atoms with Crippen LogP contribution in [0.3, 0.4) is 0 Å². The Morgan fingerprint density at radius 2 is 2.10 bits per heavy atom. The lowest BCUT2D eigenvalue weighted by molar-refractivity contribution is -0.136. The predicted molar refractivity (Wildman–Crippen MR) is 108 cm³/mol. The molecule has 0 spiro atoms. The van der Waals surface area contributed by atoms with Crippen LogP contribution in [0.15, 0.2) is 58.0 Å². The van der Waals surface area contributed by atoms with Crippen molar-refractivity contribution in [3.8, 4) is 11.5 Å². The number of esters is 1. The number of halogens is 1. The molecule has 0 saturated carbocycles. The number of hydrogen-bond donors (Lipinski definition) is 0. The van der Waals surface area contributed by atoms with E-state index >= 15 is 0 Å². The summed E-state index contributed by atoms with van der Waals surface area (Å²) in [6.45, 7) is 2.18. The second kappa shape index (κ2) is 7.71. The normalized spacial score (nSPS) is 16.7. The van der Waals surface area contributed by atoms with E-state index in [0.717, 1.165) is 10.0 Å². The number of aromatic nitrogens is 1. The van der Waals surface area contributed by atoms with Crippen LogP contribution in [0.4, 0.5) is 0 Å². The molecule has 0 bridgehead atoms. The highest BCUT2D eigenvalue weighted by Crippen LogP contribution is 2.39. The van der Waals surface area contributed by atoms with Crippen molar-refractivity contribution in [3.05, 3.63) is 69.1 Å². The largest absolute Gasteiger partial charge is 0.465 e. The summed E-state index contributed by atoms with van der Waals surface area (Å²) < 4.78 is 16.4. The van der Waals surface area contributed by atoms with Gasteiger partial charge in [0, 0.05) is 22.6 Å². The van der Waals surface area contributed by atoms with Gasteiger partial charge in [0.2, 0.25) is 6.79 Å². The van der Waals surface area contributed by atoms with Crippen LogP contribution in [0.1, 0.15) is 18.1 Å². The Hall–Kier alpha value is -3.13.